The summed E-state index contributed by atoms with van der Waals surface area (Å²) in [6.07, 6.45) is -24.3. The van der Waals surface area contributed by atoms with Gasteiger partial charge >= 0.3 is 24.7 Å². The molecule has 4 atom stereocenters. The van der Waals surface area contributed by atoms with E-state index in [9.17, 15) is 52.7 Å². The fourth-order valence-corrected chi connectivity index (χ4v) is 2.63. The molecule has 1 fully saturated rings. The van der Waals surface area contributed by atoms with Crippen LogP contribution in [-0.4, -0.2) is 54.1 Å². The summed E-state index contributed by atoms with van der Waals surface area (Å²) in [5.74, 6) is -4.87. The van der Waals surface area contributed by atoms with Crippen LogP contribution >= 0.6 is 11.6 Å². The fraction of sp³-hybridized carbons (Fsp3) is 1.00. The maximum atomic E-state index is 14.1. The number of alkyl halides is 13. The van der Waals surface area contributed by atoms with Gasteiger partial charge in [0.25, 0.3) is 5.67 Å². The Morgan fingerprint density at radius 3 is 1.64 bits per heavy atom. The van der Waals surface area contributed by atoms with E-state index in [2.05, 4.69) is 4.74 Å². The van der Waals surface area contributed by atoms with Gasteiger partial charge in [0.05, 0.1) is 11.5 Å². The second kappa shape index (κ2) is 6.54. The Labute approximate surface area is 137 Å². The first-order valence-electron chi connectivity index (χ1n) is 6.32. The number of hydrogen-bond acceptors (Lipinski definition) is 1. The highest BCUT2D eigenvalue weighted by molar-refractivity contribution is 6.21. The molecule has 1 nitrogen and oxygen atoms in total. The molecule has 150 valence electrons. The third kappa shape index (κ3) is 3.91. The monoisotopic (exact) mass is 420 g/mol. The standard InChI is InChI=1S/C11H9ClF12O/c12-4-1-8(17,10(19,20)21)9(18,11(22,23)24)2-5(4)25-3-7(15,16)6(13)14/h4-6H,1-3H2. The smallest absolute Gasteiger partial charge is 0.370 e. The van der Waals surface area contributed by atoms with Gasteiger partial charge in [-0.05, 0) is 0 Å². The molecular formula is C11H9ClF12O. The van der Waals surface area contributed by atoms with Gasteiger partial charge in [0.1, 0.15) is 6.61 Å². The summed E-state index contributed by atoms with van der Waals surface area (Å²) < 4.78 is 158. The van der Waals surface area contributed by atoms with E-state index in [-0.39, 0.29) is 0 Å². The summed E-state index contributed by atoms with van der Waals surface area (Å²) in [5, 5.41) is -2.33. The molecule has 0 N–H and O–H groups in total. The maximum Gasteiger partial charge on any atom is 0.426 e. The second-order valence-corrected chi connectivity index (χ2v) is 5.99. The highest BCUT2D eigenvalue weighted by Gasteiger charge is 2.81. The minimum absolute atomic E-state index is 2.24. The molecule has 1 rings (SSSR count). The molecule has 4 unspecified atom stereocenters. The highest BCUT2D eigenvalue weighted by Crippen LogP contribution is 2.59. The molecular weight excluding hydrogens is 412 g/mol. The molecule has 14 heteroatoms. The van der Waals surface area contributed by atoms with E-state index in [1.807, 2.05) is 0 Å². The van der Waals surface area contributed by atoms with E-state index in [1.54, 1.807) is 0 Å². The highest BCUT2D eigenvalue weighted by atomic mass is 35.5. The molecule has 0 bridgehead atoms. The minimum Gasteiger partial charge on any atom is -0.370 e. The summed E-state index contributed by atoms with van der Waals surface area (Å²) >= 11 is 5.23. The third-order valence-corrected chi connectivity index (χ3v) is 4.13. The van der Waals surface area contributed by atoms with Crippen LogP contribution in [0.5, 0.6) is 0 Å². The van der Waals surface area contributed by atoms with Gasteiger partial charge in [-0.15, -0.1) is 11.6 Å². The zero-order valence-corrected chi connectivity index (χ0v) is 12.4. The summed E-state index contributed by atoms with van der Waals surface area (Å²) in [7, 11) is 0. The first-order chi connectivity index (χ1) is 10.9. The SMILES string of the molecule is FC(F)C(F)(F)COC1CC(F)(C(F)(F)F)C(F)(C(F)(F)F)CC1Cl. The van der Waals surface area contributed by atoms with Crippen molar-refractivity contribution < 1.29 is 57.4 Å². The topological polar surface area (TPSA) is 9.23 Å². The number of halogens is 13. The minimum atomic E-state index is -6.40. The van der Waals surface area contributed by atoms with Crippen molar-refractivity contribution in [1.82, 2.24) is 0 Å². The van der Waals surface area contributed by atoms with Crippen molar-refractivity contribution in [3.63, 3.8) is 0 Å². The zero-order chi connectivity index (χ0) is 20.1. The van der Waals surface area contributed by atoms with Crippen molar-refractivity contribution in [3.05, 3.63) is 0 Å². The van der Waals surface area contributed by atoms with Crippen molar-refractivity contribution in [2.75, 3.05) is 6.61 Å². The number of ether oxygens (including phenoxy) is 1. The van der Waals surface area contributed by atoms with E-state index in [0.29, 0.717) is 0 Å². The van der Waals surface area contributed by atoms with E-state index < -0.39 is 67.0 Å². The molecule has 0 saturated heterocycles. The predicted octanol–water partition coefficient (Wildman–Crippen LogP) is 5.21. The second-order valence-electron chi connectivity index (χ2n) is 5.43. The van der Waals surface area contributed by atoms with E-state index >= 15 is 0 Å². The summed E-state index contributed by atoms with van der Waals surface area (Å²) in [6.45, 7) is -2.24. The molecule has 1 aliphatic carbocycles. The van der Waals surface area contributed by atoms with Gasteiger partial charge < -0.3 is 4.74 Å². The van der Waals surface area contributed by atoms with E-state index in [1.165, 1.54) is 0 Å². The van der Waals surface area contributed by atoms with Crippen LogP contribution in [0, 0.1) is 0 Å². The lowest BCUT2D eigenvalue weighted by Crippen LogP contribution is -2.70. The normalized spacial score (nSPS) is 35.3. The average Bonchev–Trinajstić information content (AvgIpc) is 2.38. The van der Waals surface area contributed by atoms with Crippen LogP contribution in [-0.2, 0) is 4.74 Å². The number of rotatable bonds is 4. The summed E-state index contributed by atoms with van der Waals surface area (Å²) in [4.78, 5) is 0. The van der Waals surface area contributed by atoms with Gasteiger partial charge in [0.15, 0.2) is 0 Å². The van der Waals surface area contributed by atoms with Gasteiger partial charge in [-0.1, -0.05) is 0 Å². The van der Waals surface area contributed by atoms with Crippen molar-refractivity contribution in [2.24, 2.45) is 0 Å². The van der Waals surface area contributed by atoms with Gasteiger partial charge in [0.2, 0.25) is 5.67 Å². The molecule has 1 saturated carbocycles. The predicted molar refractivity (Wildman–Crippen MR) is 59.4 cm³/mol. The average molecular weight is 421 g/mol. The van der Waals surface area contributed by atoms with Crippen LogP contribution in [0.25, 0.3) is 0 Å². The van der Waals surface area contributed by atoms with Crippen molar-refractivity contribution in [3.8, 4) is 0 Å². The van der Waals surface area contributed by atoms with Crippen LogP contribution in [0.2, 0.25) is 0 Å². The lowest BCUT2D eigenvalue weighted by molar-refractivity contribution is -0.360. The summed E-state index contributed by atoms with van der Waals surface area (Å²) in [5.41, 5.74) is -11.0. The largest absolute Gasteiger partial charge is 0.426 e. The molecule has 0 aromatic carbocycles. The molecule has 0 heterocycles. The van der Waals surface area contributed by atoms with Crippen LogP contribution in [0.15, 0.2) is 0 Å². The molecule has 0 aromatic heterocycles. The Morgan fingerprint density at radius 2 is 1.28 bits per heavy atom. The molecule has 0 spiro atoms. The van der Waals surface area contributed by atoms with Crippen molar-refractivity contribution in [2.45, 2.75) is 60.4 Å². The van der Waals surface area contributed by atoms with Crippen molar-refractivity contribution in [1.29, 1.82) is 0 Å². The maximum absolute atomic E-state index is 14.1. The summed E-state index contributed by atoms with van der Waals surface area (Å²) in [6, 6.07) is 0. The van der Waals surface area contributed by atoms with Crippen LogP contribution in [0.4, 0.5) is 52.7 Å². The molecule has 25 heavy (non-hydrogen) atoms. The first kappa shape index (κ1) is 22.5. The van der Waals surface area contributed by atoms with E-state index in [4.69, 9.17) is 11.6 Å². The van der Waals surface area contributed by atoms with Gasteiger partial charge in [-0.3, -0.25) is 0 Å². The van der Waals surface area contributed by atoms with Gasteiger partial charge in [0, 0.05) is 12.8 Å². The lowest BCUT2D eigenvalue weighted by Gasteiger charge is -2.48. The molecule has 0 radical (unpaired) electrons. The van der Waals surface area contributed by atoms with Gasteiger partial charge in [-0.25, -0.2) is 17.6 Å². The Kier molecular flexibility index (Phi) is 5.87. The first-order valence-corrected chi connectivity index (χ1v) is 6.75. The zero-order valence-electron chi connectivity index (χ0n) is 11.7. The molecule has 0 aromatic rings. The third-order valence-electron chi connectivity index (χ3n) is 3.70. The Hall–Kier alpha value is -0.590. The van der Waals surface area contributed by atoms with E-state index in [0.717, 1.165) is 0 Å². The molecule has 0 aliphatic heterocycles. The Bertz CT molecular complexity index is 477. The quantitative estimate of drug-likeness (QED) is 0.448. The Balaban J connectivity index is 3.15. The van der Waals surface area contributed by atoms with Gasteiger partial charge in [-0.2, -0.15) is 35.1 Å². The Morgan fingerprint density at radius 1 is 0.880 bits per heavy atom. The van der Waals surface area contributed by atoms with Crippen molar-refractivity contribution >= 4 is 11.6 Å². The molecule has 0 amide bonds. The number of hydrogen-bond donors (Lipinski definition) is 0. The van der Waals surface area contributed by atoms with Crippen LogP contribution < -0.4 is 0 Å². The molecule has 1 aliphatic rings. The fourth-order valence-electron chi connectivity index (χ4n) is 2.25. The van der Waals surface area contributed by atoms with Crippen LogP contribution in [0.1, 0.15) is 12.8 Å². The lowest BCUT2D eigenvalue weighted by atomic mass is 9.71. The van der Waals surface area contributed by atoms with Crippen LogP contribution in [0.3, 0.4) is 0 Å².